The minimum Gasteiger partial charge on any atom is -0.461 e. The number of esters is 1. The molecule has 0 unspecified atom stereocenters. The van der Waals surface area contributed by atoms with Gasteiger partial charge in [0.05, 0.1) is 11.5 Å². The lowest BCUT2D eigenvalue weighted by molar-refractivity contribution is -0.176. The zero-order valence-electron chi connectivity index (χ0n) is 15.9. The van der Waals surface area contributed by atoms with E-state index in [9.17, 15) is 9.90 Å². The first-order chi connectivity index (χ1) is 11.5. The van der Waals surface area contributed by atoms with Gasteiger partial charge in [0.1, 0.15) is 6.10 Å². The molecule has 1 N–H and O–H groups in total. The minimum absolute atomic E-state index is 0.116. The van der Waals surface area contributed by atoms with Crippen LogP contribution in [0.15, 0.2) is 0 Å². The van der Waals surface area contributed by atoms with E-state index in [0.717, 1.165) is 58.2 Å². The van der Waals surface area contributed by atoms with E-state index in [1.165, 1.54) is 19.3 Å². The quantitative estimate of drug-likeness (QED) is 0.718. The molecule has 3 atom stereocenters. The molecular formula is C20H37NO3. The fraction of sp³-hybridized carbons (Fsp3) is 0.950. The Kier molecular flexibility index (Phi) is 7.55. The summed E-state index contributed by atoms with van der Waals surface area (Å²) in [7, 11) is 0. The standard InChI is InChI=1S/C20H37NO3/c1-4-21(5-2)15-16(3)24-19(22)18-13-9-10-14-20(18,23)17-11-7-6-8-12-17/h16-18,23H,4-15H2,1-3H3/t16-,18+,20+/m1/s1. The van der Waals surface area contributed by atoms with Crippen LogP contribution in [0.25, 0.3) is 0 Å². The molecule has 0 aliphatic heterocycles. The summed E-state index contributed by atoms with van der Waals surface area (Å²) in [4.78, 5) is 15.1. The maximum Gasteiger partial charge on any atom is 0.312 e. The average molecular weight is 340 g/mol. The normalized spacial score (nSPS) is 30.3. The highest BCUT2D eigenvalue weighted by Crippen LogP contribution is 2.45. The molecule has 140 valence electrons. The van der Waals surface area contributed by atoms with Crippen molar-refractivity contribution in [2.45, 2.75) is 90.3 Å². The monoisotopic (exact) mass is 339 g/mol. The van der Waals surface area contributed by atoms with Crippen molar-refractivity contribution < 1.29 is 14.6 Å². The first-order valence-corrected chi connectivity index (χ1v) is 10.2. The number of nitrogens with zero attached hydrogens (tertiary/aromatic N) is 1. The van der Waals surface area contributed by atoms with Crippen LogP contribution >= 0.6 is 0 Å². The highest BCUT2D eigenvalue weighted by atomic mass is 16.5. The van der Waals surface area contributed by atoms with E-state index in [4.69, 9.17) is 4.74 Å². The van der Waals surface area contributed by atoms with Crippen LogP contribution in [0.3, 0.4) is 0 Å². The Hall–Kier alpha value is -0.610. The van der Waals surface area contributed by atoms with Gasteiger partial charge < -0.3 is 14.7 Å². The van der Waals surface area contributed by atoms with Crippen molar-refractivity contribution in [3.8, 4) is 0 Å². The summed E-state index contributed by atoms with van der Waals surface area (Å²) >= 11 is 0. The van der Waals surface area contributed by atoms with Crippen LogP contribution in [0.2, 0.25) is 0 Å². The number of rotatable bonds is 7. The van der Waals surface area contributed by atoms with Crippen molar-refractivity contribution in [1.82, 2.24) is 4.90 Å². The van der Waals surface area contributed by atoms with Gasteiger partial charge in [-0.2, -0.15) is 0 Å². The predicted octanol–water partition coefficient (Wildman–Crippen LogP) is 3.76. The van der Waals surface area contributed by atoms with Gasteiger partial charge in [-0.15, -0.1) is 0 Å². The molecule has 0 saturated heterocycles. The topological polar surface area (TPSA) is 49.8 Å². The number of hydrogen-bond donors (Lipinski definition) is 1. The molecule has 2 saturated carbocycles. The summed E-state index contributed by atoms with van der Waals surface area (Å²) in [6.45, 7) is 8.93. The Balaban J connectivity index is 1.99. The van der Waals surface area contributed by atoms with Crippen LogP contribution in [0.4, 0.5) is 0 Å². The third-order valence-electron chi connectivity index (χ3n) is 6.25. The molecule has 2 rings (SSSR count). The van der Waals surface area contributed by atoms with Gasteiger partial charge in [-0.25, -0.2) is 0 Å². The summed E-state index contributed by atoms with van der Waals surface area (Å²) < 4.78 is 5.77. The van der Waals surface area contributed by atoms with Crippen LogP contribution in [-0.2, 0) is 9.53 Å². The Morgan fingerprint density at radius 1 is 1.12 bits per heavy atom. The molecule has 24 heavy (non-hydrogen) atoms. The Morgan fingerprint density at radius 3 is 2.38 bits per heavy atom. The zero-order chi connectivity index (χ0) is 17.6. The van der Waals surface area contributed by atoms with E-state index in [1.807, 2.05) is 6.92 Å². The Morgan fingerprint density at radius 2 is 1.75 bits per heavy atom. The Bertz CT molecular complexity index is 390. The maximum absolute atomic E-state index is 12.8. The maximum atomic E-state index is 12.8. The third-order valence-corrected chi connectivity index (χ3v) is 6.25. The van der Waals surface area contributed by atoms with Gasteiger partial charge in [0.2, 0.25) is 0 Å². The molecule has 0 bridgehead atoms. The summed E-state index contributed by atoms with van der Waals surface area (Å²) in [5.74, 6) is -0.210. The van der Waals surface area contributed by atoms with E-state index in [-0.39, 0.29) is 23.9 Å². The molecule has 0 radical (unpaired) electrons. The lowest BCUT2D eigenvalue weighted by Crippen LogP contribution is -2.52. The minimum atomic E-state index is -0.829. The molecule has 0 amide bonds. The van der Waals surface area contributed by atoms with Crippen molar-refractivity contribution in [2.24, 2.45) is 11.8 Å². The predicted molar refractivity (Wildman–Crippen MR) is 96.8 cm³/mol. The van der Waals surface area contributed by atoms with E-state index < -0.39 is 5.60 Å². The van der Waals surface area contributed by atoms with E-state index in [2.05, 4.69) is 18.7 Å². The first kappa shape index (κ1) is 19.7. The van der Waals surface area contributed by atoms with Gasteiger partial charge in [0.25, 0.3) is 0 Å². The second-order valence-corrected chi connectivity index (χ2v) is 7.86. The lowest BCUT2D eigenvalue weighted by atomic mass is 9.64. The Labute approximate surface area is 147 Å². The first-order valence-electron chi connectivity index (χ1n) is 10.2. The van der Waals surface area contributed by atoms with Gasteiger partial charge in [0.15, 0.2) is 0 Å². The van der Waals surface area contributed by atoms with Gasteiger partial charge >= 0.3 is 5.97 Å². The van der Waals surface area contributed by atoms with Gasteiger partial charge in [-0.1, -0.05) is 46.0 Å². The molecule has 0 heterocycles. The molecule has 0 aromatic carbocycles. The summed E-state index contributed by atoms with van der Waals surface area (Å²) in [5, 5.41) is 11.4. The van der Waals surface area contributed by atoms with Crippen LogP contribution in [0.5, 0.6) is 0 Å². The van der Waals surface area contributed by atoms with Gasteiger partial charge in [-0.05, 0) is 51.6 Å². The third kappa shape index (κ3) is 4.72. The number of carbonyl (C=O) groups is 1. The van der Waals surface area contributed by atoms with Gasteiger partial charge in [-0.3, -0.25) is 4.79 Å². The molecule has 2 aliphatic rings. The molecule has 2 fully saturated rings. The number of aliphatic hydroxyl groups is 1. The van der Waals surface area contributed by atoms with E-state index >= 15 is 0 Å². The van der Waals surface area contributed by atoms with Crippen molar-refractivity contribution in [3.05, 3.63) is 0 Å². The molecule has 0 aromatic heterocycles. The SMILES string of the molecule is CCN(CC)C[C@@H](C)OC(=O)[C@@H]1CCCC[C@]1(O)C1CCCCC1. The smallest absolute Gasteiger partial charge is 0.312 e. The number of carbonyl (C=O) groups excluding carboxylic acids is 1. The number of likely N-dealkylation sites (N-methyl/N-ethyl adjacent to an activating group) is 1. The van der Waals surface area contributed by atoms with Gasteiger partial charge in [0, 0.05) is 6.54 Å². The lowest BCUT2D eigenvalue weighted by Gasteiger charge is -2.45. The van der Waals surface area contributed by atoms with Crippen LogP contribution in [0, 0.1) is 11.8 Å². The largest absolute Gasteiger partial charge is 0.461 e. The second-order valence-electron chi connectivity index (χ2n) is 7.86. The average Bonchev–Trinajstić information content (AvgIpc) is 2.60. The van der Waals surface area contributed by atoms with Crippen molar-refractivity contribution in [1.29, 1.82) is 0 Å². The zero-order valence-corrected chi connectivity index (χ0v) is 15.9. The fourth-order valence-electron chi connectivity index (χ4n) is 4.76. The van der Waals surface area contributed by atoms with Crippen molar-refractivity contribution in [2.75, 3.05) is 19.6 Å². The molecule has 0 spiro atoms. The fourth-order valence-corrected chi connectivity index (χ4v) is 4.76. The molecule has 2 aliphatic carbocycles. The van der Waals surface area contributed by atoms with Crippen LogP contribution in [-0.4, -0.2) is 47.3 Å². The highest BCUT2D eigenvalue weighted by molar-refractivity contribution is 5.74. The summed E-state index contributed by atoms with van der Waals surface area (Å²) in [5.41, 5.74) is -0.829. The molecule has 4 nitrogen and oxygen atoms in total. The van der Waals surface area contributed by atoms with Crippen molar-refractivity contribution in [3.63, 3.8) is 0 Å². The highest BCUT2D eigenvalue weighted by Gasteiger charge is 2.49. The molecule has 0 aromatic rings. The van der Waals surface area contributed by atoms with Crippen LogP contribution < -0.4 is 0 Å². The van der Waals surface area contributed by atoms with Crippen molar-refractivity contribution >= 4 is 5.97 Å². The molecular weight excluding hydrogens is 302 g/mol. The number of hydrogen-bond acceptors (Lipinski definition) is 4. The second kappa shape index (κ2) is 9.19. The molecule has 4 heteroatoms. The van der Waals surface area contributed by atoms with Crippen LogP contribution in [0.1, 0.15) is 78.6 Å². The summed E-state index contributed by atoms with van der Waals surface area (Å²) in [6.07, 6.45) is 9.26. The number of ether oxygens (including phenoxy) is 1. The van der Waals surface area contributed by atoms with E-state index in [1.54, 1.807) is 0 Å². The van der Waals surface area contributed by atoms with E-state index in [0.29, 0.717) is 0 Å². The summed E-state index contributed by atoms with van der Waals surface area (Å²) in [6, 6.07) is 0.